The van der Waals surface area contributed by atoms with Gasteiger partial charge in [0, 0.05) is 44.0 Å². The van der Waals surface area contributed by atoms with Crippen LogP contribution in [0.2, 0.25) is 0 Å². The van der Waals surface area contributed by atoms with Gasteiger partial charge >= 0.3 is 0 Å². The lowest BCUT2D eigenvalue weighted by Crippen LogP contribution is -2.32. The first-order valence-corrected chi connectivity index (χ1v) is 20.7. The van der Waals surface area contributed by atoms with Gasteiger partial charge in [-0.25, -0.2) is 15.0 Å². The lowest BCUT2D eigenvalue weighted by molar-refractivity contribution is 0.436. The Morgan fingerprint density at radius 1 is 0.344 bits per heavy atom. The highest BCUT2D eigenvalue weighted by molar-refractivity contribution is 6.14. The predicted octanol–water partition coefficient (Wildman–Crippen LogP) is 13.6. The van der Waals surface area contributed by atoms with E-state index >= 15 is 0 Å². The number of hydrogen-bond acceptors (Lipinski definition) is 4. The summed E-state index contributed by atoms with van der Waals surface area (Å²) in [7, 11) is 0. The van der Waals surface area contributed by atoms with E-state index in [1.165, 1.54) is 33.0 Å². The first kappa shape index (κ1) is 33.8. The molecule has 2 aromatic heterocycles. The van der Waals surface area contributed by atoms with Gasteiger partial charge in [-0.2, -0.15) is 0 Å². The maximum atomic E-state index is 6.66. The third-order valence-electron chi connectivity index (χ3n) is 12.7. The van der Waals surface area contributed by atoms with E-state index in [9.17, 15) is 0 Å². The number of nitrogens with zero attached hydrogens (tertiary/aromatic N) is 4. The van der Waals surface area contributed by atoms with Crippen molar-refractivity contribution < 1.29 is 4.74 Å². The molecule has 1 aliphatic carbocycles. The minimum Gasteiger partial charge on any atom is -0.457 e. The number of ether oxygens (including phenoxy) is 1. The summed E-state index contributed by atoms with van der Waals surface area (Å²) in [6.07, 6.45) is 0. The topological polar surface area (TPSA) is 52.8 Å². The van der Waals surface area contributed by atoms with Gasteiger partial charge in [-0.3, -0.25) is 0 Å². The van der Waals surface area contributed by atoms with Crippen LogP contribution in [0.4, 0.5) is 0 Å². The lowest BCUT2D eigenvalue weighted by atomic mass is 9.66. The van der Waals surface area contributed by atoms with Crippen molar-refractivity contribution in [3.8, 4) is 62.5 Å². The summed E-state index contributed by atoms with van der Waals surface area (Å²) in [5.41, 5.74) is 12.9. The van der Waals surface area contributed by atoms with Crippen molar-refractivity contribution >= 4 is 32.6 Å². The van der Waals surface area contributed by atoms with Crippen LogP contribution in [0, 0.1) is 0 Å². The Bertz CT molecular complexity index is 3470. The number of benzene rings is 9. The predicted molar refractivity (Wildman–Crippen MR) is 245 cm³/mol. The first-order valence-electron chi connectivity index (χ1n) is 20.7. The van der Waals surface area contributed by atoms with Crippen LogP contribution >= 0.6 is 0 Å². The molecule has 0 saturated heterocycles. The molecule has 0 radical (unpaired) electrons. The Labute approximate surface area is 351 Å². The number of para-hydroxylation sites is 3. The molecule has 284 valence electrons. The smallest absolute Gasteiger partial charge is 0.164 e. The molecule has 9 aromatic carbocycles. The van der Waals surface area contributed by atoms with Gasteiger partial charge in [-0.05, 0) is 70.1 Å². The second kappa shape index (κ2) is 12.9. The van der Waals surface area contributed by atoms with E-state index in [1.807, 2.05) is 60.7 Å². The Balaban J connectivity index is 1.09. The molecule has 0 amide bonds. The summed E-state index contributed by atoms with van der Waals surface area (Å²) >= 11 is 0. The number of rotatable bonds is 4. The zero-order valence-electron chi connectivity index (χ0n) is 32.8. The van der Waals surface area contributed by atoms with Crippen LogP contribution in [0.25, 0.3) is 83.6 Å². The van der Waals surface area contributed by atoms with Crippen LogP contribution in [0.3, 0.4) is 0 Å². The maximum absolute atomic E-state index is 6.66. The molecule has 5 nitrogen and oxygen atoms in total. The van der Waals surface area contributed by atoms with Crippen molar-refractivity contribution in [1.29, 1.82) is 0 Å². The lowest BCUT2D eigenvalue weighted by Gasteiger charge is -2.39. The van der Waals surface area contributed by atoms with Gasteiger partial charge in [0.05, 0.1) is 22.1 Å². The average molecular weight is 779 g/mol. The molecule has 13 rings (SSSR count). The van der Waals surface area contributed by atoms with E-state index in [4.69, 9.17) is 19.7 Å². The Hall–Kier alpha value is -8.15. The molecule has 11 aromatic rings. The Morgan fingerprint density at radius 3 is 1.57 bits per heavy atom. The van der Waals surface area contributed by atoms with E-state index in [0.29, 0.717) is 17.5 Å². The van der Waals surface area contributed by atoms with E-state index in [1.54, 1.807) is 0 Å². The van der Waals surface area contributed by atoms with Crippen LogP contribution in [0.1, 0.15) is 22.3 Å². The summed E-state index contributed by atoms with van der Waals surface area (Å²) in [6.45, 7) is 0. The molecule has 0 fully saturated rings. The minimum absolute atomic E-state index is 0.579. The van der Waals surface area contributed by atoms with Gasteiger partial charge < -0.3 is 9.30 Å². The highest BCUT2D eigenvalue weighted by Crippen LogP contribution is 2.62. The summed E-state index contributed by atoms with van der Waals surface area (Å²) in [6, 6.07) is 73.1. The number of hydrogen-bond donors (Lipinski definition) is 0. The fraction of sp³-hybridized carbons (Fsp3) is 0.0179. The molecule has 0 saturated carbocycles. The minimum atomic E-state index is -0.579. The van der Waals surface area contributed by atoms with E-state index in [-0.39, 0.29) is 0 Å². The van der Waals surface area contributed by atoms with Crippen LogP contribution in [0.15, 0.2) is 206 Å². The second-order valence-corrected chi connectivity index (χ2v) is 15.9. The molecule has 5 heteroatoms. The van der Waals surface area contributed by atoms with Crippen LogP contribution < -0.4 is 4.74 Å². The van der Waals surface area contributed by atoms with Gasteiger partial charge in [0.2, 0.25) is 0 Å². The molecule has 1 aliphatic heterocycles. The van der Waals surface area contributed by atoms with Crippen molar-refractivity contribution in [1.82, 2.24) is 19.5 Å². The Kier molecular flexibility index (Phi) is 7.16. The highest BCUT2D eigenvalue weighted by atomic mass is 16.5. The SMILES string of the molecule is c1ccc(-c2nc(-c3ccccc3)nc(-c3ccc(-n4c5ccccc5c5cc6c(cc54)C4(c5ccccc5Oc5ccccc54)c4ccccc4-6)c4ccccc34)n2)cc1. The molecular weight excluding hydrogens is 745 g/mol. The van der Waals surface area contributed by atoms with Crippen molar-refractivity contribution in [2.75, 3.05) is 0 Å². The molecule has 2 aliphatic rings. The molecule has 61 heavy (non-hydrogen) atoms. The molecule has 3 heterocycles. The Morgan fingerprint density at radius 2 is 0.885 bits per heavy atom. The fourth-order valence-electron chi connectivity index (χ4n) is 10.2. The van der Waals surface area contributed by atoms with Gasteiger partial charge in [-0.15, -0.1) is 0 Å². The van der Waals surface area contributed by atoms with E-state index < -0.39 is 5.41 Å². The highest BCUT2D eigenvalue weighted by Gasteiger charge is 2.51. The zero-order chi connectivity index (χ0) is 40.1. The van der Waals surface area contributed by atoms with Gasteiger partial charge in [-0.1, -0.05) is 164 Å². The number of aromatic nitrogens is 4. The molecular formula is C56H34N4O. The van der Waals surface area contributed by atoms with Gasteiger partial charge in [0.15, 0.2) is 17.5 Å². The van der Waals surface area contributed by atoms with E-state index in [0.717, 1.165) is 66.8 Å². The van der Waals surface area contributed by atoms with Gasteiger partial charge in [0.1, 0.15) is 11.5 Å². The quantitative estimate of drug-likeness (QED) is 0.179. The third-order valence-corrected chi connectivity index (χ3v) is 12.7. The normalized spacial score (nSPS) is 13.2. The standard InChI is InChI=1S/C56H34N4O/c1-3-17-35(18-4-1)53-57-54(36-19-5-2-6-20-36)59-55(58-53)41-31-32-49(39-23-8-7-21-37(39)41)60-48-28-14-10-24-40(48)43-33-42-38-22-9-11-25-44(38)56(47(42)34-50(43)60)45-26-12-15-29-51(45)61-52-30-16-13-27-46(52)56/h1-34H. The second-order valence-electron chi connectivity index (χ2n) is 15.9. The zero-order valence-corrected chi connectivity index (χ0v) is 32.8. The molecule has 1 spiro atoms. The summed E-state index contributed by atoms with van der Waals surface area (Å²) in [5, 5.41) is 4.58. The summed E-state index contributed by atoms with van der Waals surface area (Å²) < 4.78 is 9.13. The first-order chi connectivity index (χ1) is 30.3. The molecule has 0 unspecified atom stereocenters. The van der Waals surface area contributed by atoms with Crippen LogP contribution in [-0.2, 0) is 5.41 Å². The monoisotopic (exact) mass is 778 g/mol. The average Bonchev–Trinajstić information content (AvgIpc) is 3.80. The van der Waals surface area contributed by atoms with Gasteiger partial charge in [0.25, 0.3) is 0 Å². The van der Waals surface area contributed by atoms with Crippen molar-refractivity contribution in [2.24, 2.45) is 0 Å². The summed E-state index contributed by atoms with van der Waals surface area (Å²) in [5.74, 6) is 3.68. The number of fused-ring (bicyclic) bond motifs is 13. The van der Waals surface area contributed by atoms with Crippen molar-refractivity contribution in [3.63, 3.8) is 0 Å². The van der Waals surface area contributed by atoms with Crippen LogP contribution in [-0.4, -0.2) is 19.5 Å². The summed E-state index contributed by atoms with van der Waals surface area (Å²) in [4.78, 5) is 15.3. The maximum Gasteiger partial charge on any atom is 0.164 e. The van der Waals surface area contributed by atoms with Crippen molar-refractivity contribution in [2.45, 2.75) is 5.41 Å². The van der Waals surface area contributed by atoms with Crippen LogP contribution in [0.5, 0.6) is 11.5 Å². The molecule has 0 bridgehead atoms. The fourth-order valence-corrected chi connectivity index (χ4v) is 10.2. The molecule has 0 N–H and O–H groups in total. The third kappa shape index (κ3) is 4.80. The molecule has 0 atom stereocenters. The largest absolute Gasteiger partial charge is 0.457 e. The van der Waals surface area contributed by atoms with E-state index in [2.05, 4.69) is 150 Å². The van der Waals surface area contributed by atoms with Crippen molar-refractivity contribution in [3.05, 3.63) is 229 Å².